The lowest BCUT2D eigenvalue weighted by Gasteiger charge is -2.08. The predicted octanol–water partition coefficient (Wildman–Crippen LogP) is 2.59. The van der Waals surface area contributed by atoms with E-state index in [9.17, 15) is 0 Å². The van der Waals surface area contributed by atoms with E-state index in [0.29, 0.717) is 0 Å². The van der Waals surface area contributed by atoms with Crippen molar-refractivity contribution in [3.63, 3.8) is 0 Å². The lowest BCUT2D eigenvalue weighted by Crippen LogP contribution is -2.14. The van der Waals surface area contributed by atoms with Crippen LogP contribution in [0.5, 0.6) is 0 Å². The number of hydrogen-bond donors (Lipinski definition) is 0. The van der Waals surface area contributed by atoms with Gasteiger partial charge in [-0.25, -0.2) is 0 Å². The Morgan fingerprint density at radius 2 is 1.67 bits per heavy atom. The number of benzene rings is 1. The van der Waals surface area contributed by atoms with Crippen LogP contribution in [0.2, 0.25) is 0 Å². The van der Waals surface area contributed by atoms with E-state index in [2.05, 4.69) is 37.4 Å². The van der Waals surface area contributed by atoms with Crippen molar-refractivity contribution in [3.05, 3.63) is 35.4 Å². The molecule has 0 aliphatic rings. The zero-order chi connectivity index (χ0) is 11.1. The second-order valence-corrected chi connectivity index (χ2v) is 3.84. The molecular formula is C13H18N2. The molecule has 0 aliphatic carbocycles. The van der Waals surface area contributed by atoms with Crippen LogP contribution in [0.3, 0.4) is 0 Å². The van der Waals surface area contributed by atoms with Crippen molar-refractivity contribution in [1.82, 2.24) is 4.90 Å². The van der Waals surface area contributed by atoms with Gasteiger partial charge in [0.05, 0.1) is 0 Å². The highest BCUT2D eigenvalue weighted by Gasteiger charge is 1.97. The fraction of sp³-hybridized carbons (Fsp3) is 0.462. The number of aryl methyl sites for hydroxylation is 1. The average molecular weight is 202 g/mol. The SMILES string of the molecule is CCCc1ccc(CCN(C)C#N)cc1. The van der Waals surface area contributed by atoms with E-state index in [-0.39, 0.29) is 0 Å². The molecule has 0 atom stereocenters. The number of nitriles is 1. The maximum absolute atomic E-state index is 8.60. The third-order valence-electron chi connectivity index (χ3n) is 2.47. The summed E-state index contributed by atoms with van der Waals surface area (Å²) in [5.74, 6) is 0. The molecule has 0 heterocycles. The van der Waals surface area contributed by atoms with E-state index < -0.39 is 0 Å². The van der Waals surface area contributed by atoms with Crippen molar-refractivity contribution < 1.29 is 0 Å². The molecule has 0 bridgehead atoms. The van der Waals surface area contributed by atoms with E-state index in [1.54, 1.807) is 4.90 Å². The maximum atomic E-state index is 8.60. The molecule has 1 aromatic carbocycles. The quantitative estimate of drug-likeness (QED) is 0.542. The minimum Gasteiger partial charge on any atom is -0.313 e. The molecule has 0 amide bonds. The van der Waals surface area contributed by atoms with Gasteiger partial charge >= 0.3 is 0 Å². The van der Waals surface area contributed by atoms with Crippen molar-refractivity contribution in [2.45, 2.75) is 26.2 Å². The summed E-state index contributed by atoms with van der Waals surface area (Å²) in [5, 5.41) is 8.60. The fourth-order valence-electron chi connectivity index (χ4n) is 1.51. The van der Waals surface area contributed by atoms with Gasteiger partial charge in [0.25, 0.3) is 0 Å². The third kappa shape index (κ3) is 4.03. The van der Waals surface area contributed by atoms with Gasteiger partial charge in [0, 0.05) is 13.6 Å². The highest BCUT2D eigenvalue weighted by Crippen LogP contribution is 2.07. The van der Waals surface area contributed by atoms with E-state index in [4.69, 9.17) is 5.26 Å². The molecule has 2 nitrogen and oxygen atoms in total. The van der Waals surface area contributed by atoms with Crippen LogP contribution in [-0.4, -0.2) is 18.5 Å². The smallest absolute Gasteiger partial charge is 0.179 e. The van der Waals surface area contributed by atoms with E-state index >= 15 is 0 Å². The monoisotopic (exact) mass is 202 g/mol. The molecule has 0 N–H and O–H groups in total. The first-order chi connectivity index (χ1) is 7.26. The summed E-state index contributed by atoms with van der Waals surface area (Å²) >= 11 is 0. The van der Waals surface area contributed by atoms with Crippen LogP contribution in [0.1, 0.15) is 24.5 Å². The third-order valence-corrected chi connectivity index (χ3v) is 2.47. The van der Waals surface area contributed by atoms with Gasteiger partial charge < -0.3 is 4.90 Å². The first-order valence-corrected chi connectivity index (χ1v) is 5.45. The van der Waals surface area contributed by atoms with Gasteiger partial charge in [-0.15, -0.1) is 0 Å². The van der Waals surface area contributed by atoms with Crippen LogP contribution in [0.15, 0.2) is 24.3 Å². The van der Waals surface area contributed by atoms with Gasteiger partial charge in [-0.3, -0.25) is 0 Å². The molecule has 15 heavy (non-hydrogen) atoms. The van der Waals surface area contributed by atoms with Crippen molar-refractivity contribution in [2.24, 2.45) is 0 Å². The van der Waals surface area contributed by atoms with Crippen LogP contribution in [-0.2, 0) is 12.8 Å². The average Bonchev–Trinajstić information content (AvgIpc) is 2.28. The lowest BCUT2D eigenvalue weighted by atomic mass is 10.1. The molecule has 0 aromatic heterocycles. The minimum atomic E-state index is 0.795. The molecule has 1 aromatic rings. The van der Waals surface area contributed by atoms with Gasteiger partial charge in [-0.1, -0.05) is 37.6 Å². The maximum Gasteiger partial charge on any atom is 0.179 e. The van der Waals surface area contributed by atoms with Gasteiger partial charge in [0.2, 0.25) is 0 Å². The Morgan fingerprint density at radius 1 is 1.13 bits per heavy atom. The van der Waals surface area contributed by atoms with Crippen LogP contribution in [0.25, 0.3) is 0 Å². The molecule has 0 fully saturated rings. The number of hydrogen-bond acceptors (Lipinski definition) is 2. The normalized spacial score (nSPS) is 9.67. The molecule has 80 valence electrons. The van der Waals surface area contributed by atoms with Gasteiger partial charge in [0.1, 0.15) is 0 Å². The van der Waals surface area contributed by atoms with Crippen molar-refractivity contribution in [3.8, 4) is 6.19 Å². The molecule has 0 aliphatic heterocycles. The van der Waals surface area contributed by atoms with Gasteiger partial charge in [-0.05, 0) is 24.0 Å². The highest BCUT2D eigenvalue weighted by molar-refractivity contribution is 5.22. The topological polar surface area (TPSA) is 27.0 Å². The molecule has 1 rings (SSSR count). The standard InChI is InChI=1S/C13H18N2/c1-3-4-12-5-7-13(8-6-12)9-10-15(2)11-14/h5-8H,3-4,9-10H2,1-2H3. The highest BCUT2D eigenvalue weighted by atomic mass is 15.1. The predicted molar refractivity (Wildman–Crippen MR) is 62.4 cm³/mol. The largest absolute Gasteiger partial charge is 0.313 e. The Hall–Kier alpha value is -1.49. The number of likely N-dealkylation sites (N-methyl/N-ethyl adjacent to an activating group) is 1. The Morgan fingerprint density at radius 3 is 2.13 bits per heavy atom. The van der Waals surface area contributed by atoms with E-state index in [0.717, 1.165) is 19.4 Å². The first-order valence-electron chi connectivity index (χ1n) is 5.45. The van der Waals surface area contributed by atoms with Crippen molar-refractivity contribution >= 4 is 0 Å². The molecular weight excluding hydrogens is 184 g/mol. The lowest BCUT2D eigenvalue weighted by molar-refractivity contribution is 0.478. The number of rotatable bonds is 5. The van der Waals surface area contributed by atoms with E-state index in [1.807, 2.05) is 7.05 Å². The summed E-state index contributed by atoms with van der Waals surface area (Å²) in [7, 11) is 1.81. The second kappa shape index (κ2) is 6.08. The Balaban J connectivity index is 2.46. The summed E-state index contributed by atoms with van der Waals surface area (Å²) in [6, 6.07) is 8.70. The zero-order valence-corrected chi connectivity index (χ0v) is 9.53. The minimum absolute atomic E-state index is 0.795. The summed E-state index contributed by atoms with van der Waals surface area (Å²) in [4.78, 5) is 1.65. The van der Waals surface area contributed by atoms with Crippen LogP contribution in [0, 0.1) is 11.5 Å². The second-order valence-electron chi connectivity index (χ2n) is 3.84. The zero-order valence-electron chi connectivity index (χ0n) is 9.53. The van der Waals surface area contributed by atoms with Crippen LogP contribution >= 0.6 is 0 Å². The molecule has 0 radical (unpaired) electrons. The van der Waals surface area contributed by atoms with Crippen LogP contribution in [0.4, 0.5) is 0 Å². The van der Waals surface area contributed by atoms with Crippen molar-refractivity contribution in [1.29, 1.82) is 5.26 Å². The number of nitrogens with zero attached hydrogens (tertiary/aromatic N) is 2. The molecule has 0 saturated heterocycles. The summed E-state index contributed by atoms with van der Waals surface area (Å²) < 4.78 is 0. The van der Waals surface area contributed by atoms with Gasteiger partial charge in [-0.2, -0.15) is 5.26 Å². The van der Waals surface area contributed by atoms with Gasteiger partial charge in [0.15, 0.2) is 6.19 Å². The Kier molecular flexibility index (Phi) is 4.70. The Bertz CT molecular complexity index is 321. The summed E-state index contributed by atoms with van der Waals surface area (Å²) in [5.41, 5.74) is 2.70. The van der Waals surface area contributed by atoms with Crippen molar-refractivity contribution in [2.75, 3.05) is 13.6 Å². The molecule has 0 saturated carbocycles. The molecule has 0 unspecified atom stereocenters. The van der Waals surface area contributed by atoms with E-state index in [1.165, 1.54) is 17.5 Å². The molecule has 2 heteroatoms. The first kappa shape index (κ1) is 11.6. The summed E-state index contributed by atoms with van der Waals surface area (Å²) in [6.07, 6.45) is 5.38. The fourth-order valence-corrected chi connectivity index (χ4v) is 1.51. The summed E-state index contributed by atoms with van der Waals surface area (Å²) in [6.45, 7) is 2.99. The Labute approximate surface area is 92.1 Å². The molecule has 0 spiro atoms. The van der Waals surface area contributed by atoms with Crippen LogP contribution < -0.4 is 0 Å².